The maximum Gasteiger partial charge on any atom is 0.339 e. The predicted molar refractivity (Wildman–Crippen MR) is 38.8 cm³/mol. The Morgan fingerprint density at radius 2 is 1.92 bits per heavy atom. The van der Waals surface area contributed by atoms with Gasteiger partial charge in [-0.1, -0.05) is 0 Å². The molecule has 1 aliphatic heterocycles. The first-order chi connectivity index (χ1) is 6.11. The first-order valence-corrected chi connectivity index (χ1v) is 3.74. The van der Waals surface area contributed by atoms with Crippen molar-refractivity contribution in [2.45, 2.75) is 19.8 Å². The molecule has 2 amide bonds. The monoisotopic (exact) mass is 187 g/mol. The summed E-state index contributed by atoms with van der Waals surface area (Å²) in [6.07, 6.45) is 0.393. The summed E-state index contributed by atoms with van der Waals surface area (Å²) >= 11 is 0. The molecule has 0 atom stereocenters. The Balaban J connectivity index is 2.31. The summed E-state index contributed by atoms with van der Waals surface area (Å²) in [5, 5.41) is 0. The number of amides is 2. The molecular weight excluding hydrogens is 178 g/mol. The lowest BCUT2D eigenvalue weighted by Crippen LogP contribution is -2.31. The number of carbonyl (C=O) groups excluding carboxylic acids is 3. The first-order valence-electron chi connectivity index (χ1n) is 3.74. The number of rotatable bonds is 3. The third kappa shape index (κ3) is 2.51. The Hall–Kier alpha value is -1.43. The zero-order valence-corrected chi connectivity index (χ0v) is 7.11. The molecule has 1 rings (SSSR count). The molecule has 1 fully saturated rings. The maximum absolute atomic E-state index is 10.9. The zero-order valence-electron chi connectivity index (χ0n) is 7.11. The van der Waals surface area contributed by atoms with Crippen molar-refractivity contribution in [1.29, 1.82) is 0 Å². The van der Waals surface area contributed by atoms with E-state index in [-0.39, 0.29) is 31.4 Å². The number of likely N-dealkylation sites (tertiary alicyclic amines) is 1. The van der Waals surface area contributed by atoms with Gasteiger partial charge in [0.05, 0.1) is 0 Å². The van der Waals surface area contributed by atoms with Crippen molar-refractivity contribution < 1.29 is 24.2 Å². The van der Waals surface area contributed by atoms with Gasteiger partial charge in [-0.3, -0.25) is 19.4 Å². The molecule has 0 spiro atoms. The van der Waals surface area contributed by atoms with Gasteiger partial charge in [0, 0.05) is 19.8 Å². The predicted octanol–water partition coefficient (Wildman–Crippen LogP) is -0.412. The van der Waals surface area contributed by atoms with Crippen LogP contribution >= 0.6 is 0 Å². The lowest BCUT2D eigenvalue weighted by Gasteiger charge is -2.11. The molecule has 0 aromatic rings. The fraction of sp³-hybridized carbons (Fsp3) is 0.571. The van der Waals surface area contributed by atoms with E-state index in [9.17, 15) is 14.4 Å². The highest BCUT2D eigenvalue weighted by molar-refractivity contribution is 6.01. The van der Waals surface area contributed by atoms with Gasteiger partial charge >= 0.3 is 5.97 Å². The molecular formula is C7H9NO5. The molecule has 0 radical (unpaired) electrons. The molecule has 0 unspecified atom stereocenters. The van der Waals surface area contributed by atoms with Crippen molar-refractivity contribution in [2.24, 2.45) is 0 Å². The Kier molecular flexibility index (Phi) is 2.97. The minimum Gasteiger partial charge on any atom is -0.297 e. The van der Waals surface area contributed by atoms with Crippen LogP contribution < -0.4 is 0 Å². The minimum absolute atomic E-state index is 0.197. The van der Waals surface area contributed by atoms with E-state index in [1.54, 1.807) is 0 Å². The van der Waals surface area contributed by atoms with Gasteiger partial charge in [-0.25, -0.2) is 4.79 Å². The summed E-state index contributed by atoms with van der Waals surface area (Å²) in [7, 11) is 0. The van der Waals surface area contributed by atoms with E-state index in [0.717, 1.165) is 11.8 Å². The largest absolute Gasteiger partial charge is 0.339 e. The second-order valence-electron chi connectivity index (χ2n) is 2.54. The summed E-state index contributed by atoms with van der Waals surface area (Å²) in [6.45, 7) is 0.838. The van der Waals surface area contributed by atoms with E-state index < -0.39 is 5.97 Å². The second kappa shape index (κ2) is 3.99. The van der Waals surface area contributed by atoms with Crippen LogP contribution in [0.2, 0.25) is 0 Å². The average Bonchev–Trinajstić information content (AvgIpc) is 2.34. The number of nitrogens with zero attached hydrogens (tertiary/aromatic N) is 1. The third-order valence-electron chi connectivity index (χ3n) is 1.51. The number of carbonyl (C=O) groups is 3. The van der Waals surface area contributed by atoms with Crippen LogP contribution in [0.1, 0.15) is 19.8 Å². The highest BCUT2D eigenvalue weighted by Gasteiger charge is 2.29. The molecule has 1 heterocycles. The molecule has 6 nitrogen and oxygen atoms in total. The molecule has 0 saturated carbocycles. The topological polar surface area (TPSA) is 72.9 Å². The van der Waals surface area contributed by atoms with Gasteiger partial charge in [-0.05, 0) is 0 Å². The van der Waals surface area contributed by atoms with Crippen LogP contribution in [0.3, 0.4) is 0 Å². The molecule has 6 heteroatoms. The van der Waals surface area contributed by atoms with Crippen molar-refractivity contribution in [3.05, 3.63) is 0 Å². The average molecular weight is 187 g/mol. The number of imide groups is 1. The molecule has 0 aromatic carbocycles. The van der Waals surface area contributed by atoms with Gasteiger partial charge in [0.15, 0.2) is 6.73 Å². The lowest BCUT2D eigenvalue weighted by molar-refractivity contribution is -0.284. The van der Waals surface area contributed by atoms with E-state index in [2.05, 4.69) is 9.78 Å². The first kappa shape index (κ1) is 9.66. The quantitative estimate of drug-likeness (QED) is 0.341. The van der Waals surface area contributed by atoms with Crippen LogP contribution in [0, 0.1) is 0 Å². The molecule has 0 N–H and O–H groups in total. The highest BCUT2D eigenvalue weighted by atomic mass is 17.2. The maximum atomic E-state index is 10.9. The van der Waals surface area contributed by atoms with E-state index in [0.29, 0.717) is 0 Å². The molecule has 1 saturated heterocycles. The van der Waals surface area contributed by atoms with Gasteiger partial charge < -0.3 is 0 Å². The molecule has 72 valence electrons. The van der Waals surface area contributed by atoms with Crippen LogP contribution in [0.5, 0.6) is 0 Å². The molecule has 0 aromatic heterocycles. The number of hydrogen-bond acceptors (Lipinski definition) is 5. The van der Waals surface area contributed by atoms with Crippen molar-refractivity contribution >= 4 is 17.8 Å². The van der Waals surface area contributed by atoms with Crippen LogP contribution in [0.25, 0.3) is 0 Å². The smallest absolute Gasteiger partial charge is 0.297 e. The fourth-order valence-electron chi connectivity index (χ4n) is 0.929. The second-order valence-corrected chi connectivity index (χ2v) is 2.54. The van der Waals surface area contributed by atoms with E-state index in [4.69, 9.17) is 0 Å². The Labute approximate surface area is 74.3 Å². The molecule has 0 aliphatic carbocycles. The van der Waals surface area contributed by atoms with E-state index in [1.807, 2.05) is 0 Å². The summed E-state index contributed by atoms with van der Waals surface area (Å²) in [4.78, 5) is 41.5. The van der Waals surface area contributed by atoms with E-state index in [1.165, 1.54) is 0 Å². The summed E-state index contributed by atoms with van der Waals surface area (Å²) in [6, 6.07) is 0. The third-order valence-corrected chi connectivity index (χ3v) is 1.51. The van der Waals surface area contributed by atoms with Crippen LogP contribution in [0.15, 0.2) is 0 Å². The minimum atomic E-state index is -0.626. The Bertz CT molecular complexity index is 233. The molecule has 1 aliphatic rings. The summed E-state index contributed by atoms with van der Waals surface area (Å²) in [5.41, 5.74) is 0. The Morgan fingerprint density at radius 3 is 2.38 bits per heavy atom. The SMILES string of the molecule is CC(=O)OOCN1C(=O)CCC1=O. The Morgan fingerprint density at radius 1 is 1.38 bits per heavy atom. The summed E-state index contributed by atoms with van der Waals surface area (Å²) < 4.78 is 0. The number of hydrogen-bond donors (Lipinski definition) is 0. The lowest BCUT2D eigenvalue weighted by atomic mass is 10.4. The normalized spacial score (nSPS) is 16.5. The van der Waals surface area contributed by atoms with Crippen LogP contribution in [0.4, 0.5) is 0 Å². The van der Waals surface area contributed by atoms with Crippen LogP contribution in [-0.4, -0.2) is 29.4 Å². The zero-order chi connectivity index (χ0) is 9.84. The highest BCUT2D eigenvalue weighted by Crippen LogP contribution is 2.10. The van der Waals surface area contributed by atoms with Gasteiger partial charge in [0.25, 0.3) is 0 Å². The van der Waals surface area contributed by atoms with Crippen molar-refractivity contribution in [1.82, 2.24) is 4.90 Å². The standard InChI is InChI=1S/C7H9NO5/c1-5(9)13-12-4-8-6(10)2-3-7(8)11/h2-4H2,1H3. The van der Waals surface area contributed by atoms with Gasteiger partial charge in [-0.15, -0.1) is 0 Å². The molecule has 13 heavy (non-hydrogen) atoms. The molecule has 0 bridgehead atoms. The van der Waals surface area contributed by atoms with Gasteiger partial charge in [-0.2, -0.15) is 4.89 Å². The van der Waals surface area contributed by atoms with Crippen molar-refractivity contribution in [3.63, 3.8) is 0 Å². The van der Waals surface area contributed by atoms with Crippen molar-refractivity contribution in [2.75, 3.05) is 6.73 Å². The van der Waals surface area contributed by atoms with Crippen molar-refractivity contribution in [3.8, 4) is 0 Å². The van der Waals surface area contributed by atoms with Gasteiger partial charge in [0.1, 0.15) is 0 Å². The van der Waals surface area contributed by atoms with Crippen LogP contribution in [-0.2, 0) is 24.2 Å². The fourth-order valence-corrected chi connectivity index (χ4v) is 0.929. The summed E-state index contributed by atoms with van der Waals surface area (Å²) in [5.74, 6) is -1.24. The van der Waals surface area contributed by atoms with Gasteiger partial charge in [0.2, 0.25) is 11.8 Å². The van der Waals surface area contributed by atoms with E-state index >= 15 is 0 Å².